The molecule has 0 aliphatic heterocycles. The molecule has 0 spiro atoms. The minimum absolute atomic E-state index is 0.00851. The second-order valence-electron chi connectivity index (χ2n) is 7.40. The van der Waals surface area contributed by atoms with E-state index >= 15 is 0 Å². The van der Waals surface area contributed by atoms with Gasteiger partial charge in [0.05, 0.1) is 11.3 Å². The zero-order valence-electron chi connectivity index (χ0n) is 17.8. The summed E-state index contributed by atoms with van der Waals surface area (Å²) < 4.78 is 29.2. The first-order valence-corrected chi connectivity index (χ1v) is 10.1. The SMILES string of the molecule is CCC(=O)N(C)c1ccc(-c2ccc(C(=O)CCc3ccc(C)nc3)c(F)c2)cc1F. The fraction of sp³-hybridized carbons (Fsp3) is 0.240. The highest BCUT2D eigenvalue weighted by Gasteiger charge is 2.16. The first-order valence-electron chi connectivity index (χ1n) is 10.1. The summed E-state index contributed by atoms with van der Waals surface area (Å²) in [6.45, 7) is 3.59. The summed E-state index contributed by atoms with van der Waals surface area (Å²) in [4.78, 5) is 29.7. The van der Waals surface area contributed by atoms with E-state index in [1.807, 2.05) is 19.1 Å². The van der Waals surface area contributed by atoms with E-state index in [0.29, 0.717) is 17.5 Å². The van der Waals surface area contributed by atoms with E-state index in [-0.39, 0.29) is 35.8 Å². The molecule has 0 aliphatic carbocycles. The van der Waals surface area contributed by atoms with Gasteiger partial charge in [-0.25, -0.2) is 8.78 Å². The third-order valence-electron chi connectivity index (χ3n) is 5.20. The van der Waals surface area contributed by atoms with E-state index < -0.39 is 11.6 Å². The molecule has 0 saturated heterocycles. The number of carbonyl (C=O) groups is 2. The Hall–Kier alpha value is -3.41. The van der Waals surface area contributed by atoms with Crippen LogP contribution < -0.4 is 4.90 Å². The summed E-state index contributed by atoms with van der Waals surface area (Å²) in [6, 6.07) is 12.4. The lowest BCUT2D eigenvalue weighted by molar-refractivity contribution is -0.118. The van der Waals surface area contributed by atoms with Crippen LogP contribution in [0.3, 0.4) is 0 Å². The molecule has 0 atom stereocenters. The molecule has 1 aromatic heterocycles. The van der Waals surface area contributed by atoms with Gasteiger partial charge in [-0.05, 0) is 60.4 Å². The third kappa shape index (κ3) is 5.20. The summed E-state index contributed by atoms with van der Waals surface area (Å²) in [5.74, 6) is -1.73. The highest BCUT2D eigenvalue weighted by molar-refractivity contribution is 5.97. The van der Waals surface area contributed by atoms with Gasteiger partial charge in [-0.15, -0.1) is 0 Å². The minimum atomic E-state index is -0.646. The third-order valence-corrected chi connectivity index (χ3v) is 5.20. The lowest BCUT2D eigenvalue weighted by Gasteiger charge is -2.18. The van der Waals surface area contributed by atoms with Gasteiger partial charge in [-0.3, -0.25) is 14.6 Å². The molecule has 6 heteroatoms. The predicted octanol–water partition coefficient (Wildman–Crippen LogP) is 5.52. The standard InChI is InChI=1S/C25H24F2N2O2/c1-4-25(31)29(3)23-11-9-19(14-22(23)27)18-8-10-20(21(26)13-18)24(30)12-7-17-6-5-16(2)28-15-17/h5-6,8-11,13-15H,4,7,12H2,1-3H3. The number of anilines is 1. The number of ketones is 1. The zero-order valence-corrected chi connectivity index (χ0v) is 17.8. The number of carbonyl (C=O) groups excluding carboxylic acids is 2. The molecule has 1 heterocycles. The first kappa shape index (κ1) is 22.3. The largest absolute Gasteiger partial charge is 0.313 e. The first-order chi connectivity index (χ1) is 14.8. The Bertz CT molecular complexity index is 1110. The summed E-state index contributed by atoms with van der Waals surface area (Å²) in [7, 11) is 1.51. The fourth-order valence-electron chi connectivity index (χ4n) is 3.29. The lowest BCUT2D eigenvalue weighted by atomic mass is 9.98. The van der Waals surface area contributed by atoms with Crippen LogP contribution in [-0.2, 0) is 11.2 Å². The quantitative estimate of drug-likeness (QED) is 0.471. The van der Waals surface area contributed by atoms with E-state index in [0.717, 1.165) is 11.3 Å². The molecular formula is C25H24F2N2O2. The van der Waals surface area contributed by atoms with Crippen LogP contribution in [0.5, 0.6) is 0 Å². The molecule has 0 N–H and O–H groups in total. The van der Waals surface area contributed by atoms with Crippen LogP contribution in [0.2, 0.25) is 0 Å². The highest BCUT2D eigenvalue weighted by Crippen LogP contribution is 2.28. The van der Waals surface area contributed by atoms with E-state index in [1.54, 1.807) is 25.3 Å². The summed E-state index contributed by atoms with van der Waals surface area (Å²) in [5.41, 5.74) is 2.89. The molecule has 0 aliphatic rings. The number of Topliss-reactive ketones (excluding diaryl/α,β-unsaturated/α-hetero) is 1. The average molecular weight is 422 g/mol. The molecule has 1 amide bonds. The number of rotatable bonds is 7. The van der Waals surface area contributed by atoms with Gasteiger partial charge in [0.25, 0.3) is 0 Å². The van der Waals surface area contributed by atoms with Crippen molar-refractivity contribution in [3.8, 4) is 11.1 Å². The molecule has 4 nitrogen and oxygen atoms in total. The smallest absolute Gasteiger partial charge is 0.226 e. The van der Waals surface area contributed by atoms with Crippen molar-refractivity contribution in [2.24, 2.45) is 0 Å². The maximum Gasteiger partial charge on any atom is 0.226 e. The second-order valence-corrected chi connectivity index (χ2v) is 7.40. The molecule has 3 aromatic rings. The van der Waals surface area contributed by atoms with Crippen molar-refractivity contribution < 1.29 is 18.4 Å². The number of hydrogen-bond acceptors (Lipinski definition) is 3. The monoisotopic (exact) mass is 422 g/mol. The molecule has 31 heavy (non-hydrogen) atoms. The molecular weight excluding hydrogens is 398 g/mol. The van der Waals surface area contributed by atoms with Crippen LogP contribution in [0, 0.1) is 18.6 Å². The Kier molecular flexibility index (Phi) is 6.90. The van der Waals surface area contributed by atoms with Crippen molar-refractivity contribution in [1.29, 1.82) is 0 Å². The number of benzene rings is 2. The average Bonchev–Trinajstić information content (AvgIpc) is 2.77. The molecule has 0 unspecified atom stereocenters. The summed E-state index contributed by atoms with van der Waals surface area (Å²) >= 11 is 0. The number of pyridine rings is 1. The van der Waals surface area contributed by atoms with Crippen LogP contribution in [0.15, 0.2) is 54.7 Å². The Morgan fingerprint density at radius 2 is 1.65 bits per heavy atom. The van der Waals surface area contributed by atoms with E-state index in [4.69, 9.17) is 0 Å². The maximum absolute atomic E-state index is 14.6. The van der Waals surface area contributed by atoms with Gasteiger partial charge in [0.15, 0.2) is 5.78 Å². The zero-order chi connectivity index (χ0) is 22.5. The molecule has 2 aromatic carbocycles. The van der Waals surface area contributed by atoms with Crippen molar-refractivity contribution in [1.82, 2.24) is 4.98 Å². The lowest BCUT2D eigenvalue weighted by Crippen LogP contribution is -2.25. The van der Waals surface area contributed by atoms with E-state index in [9.17, 15) is 18.4 Å². The van der Waals surface area contributed by atoms with Crippen molar-refractivity contribution >= 4 is 17.4 Å². The van der Waals surface area contributed by atoms with Gasteiger partial charge in [-0.2, -0.15) is 0 Å². The van der Waals surface area contributed by atoms with Gasteiger partial charge in [0, 0.05) is 31.8 Å². The van der Waals surface area contributed by atoms with Gasteiger partial charge >= 0.3 is 0 Å². The Balaban J connectivity index is 1.75. The molecule has 3 rings (SSSR count). The summed E-state index contributed by atoms with van der Waals surface area (Å²) in [5, 5.41) is 0. The molecule has 0 fully saturated rings. The van der Waals surface area contributed by atoms with Crippen molar-refractivity contribution in [3.63, 3.8) is 0 Å². The minimum Gasteiger partial charge on any atom is -0.313 e. The second kappa shape index (κ2) is 9.60. The number of hydrogen-bond donors (Lipinski definition) is 0. The molecule has 160 valence electrons. The maximum atomic E-state index is 14.6. The van der Waals surface area contributed by atoms with Crippen molar-refractivity contribution in [2.45, 2.75) is 33.1 Å². The van der Waals surface area contributed by atoms with Crippen molar-refractivity contribution in [2.75, 3.05) is 11.9 Å². The number of aryl methyl sites for hydroxylation is 2. The number of aromatic nitrogens is 1. The Labute approximate surface area is 180 Å². The number of nitrogens with zero attached hydrogens (tertiary/aromatic N) is 2. The van der Waals surface area contributed by atoms with E-state index in [1.165, 1.54) is 36.2 Å². The molecule has 0 radical (unpaired) electrons. The fourth-order valence-corrected chi connectivity index (χ4v) is 3.29. The normalized spacial score (nSPS) is 10.7. The van der Waals surface area contributed by atoms with Gasteiger partial charge in [-0.1, -0.05) is 25.1 Å². The van der Waals surface area contributed by atoms with Crippen molar-refractivity contribution in [3.05, 3.63) is 83.2 Å². The Morgan fingerprint density at radius 3 is 2.23 bits per heavy atom. The van der Waals surface area contributed by atoms with Crippen LogP contribution in [-0.4, -0.2) is 23.7 Å². The molecule has 0 bridgehead atoms. The van der Waals surface area contributed by atoms with Gasteiger partial charge < -0.3 is 4.90 Å². The number of amides is 1. The van der Waals surface area contributed by atoms with Crippen LogP contribution >= 0.6 is 0 Å². The summed E-state index contributed by atoms with van der Waals surface area (Å²) in [6.07, 6.45) is 2.62. The number of halogens is 2. The highest BCUT2D eigenvalue weighted by atomic mass is 19.1. The van der Waals surface area contributed by atoms with Crippen LogP contribution in [0.4, 0.5) is 14.5 Å². The van der Waals surface area contributed by atoms with Gasteiger partial charge in [0.2, 0.25) is 5.91 Å². The van der Waals surface area contributed by atoms with E-state index in [2.05, 4.69) is 4.98 Å². The van der Waals surface area contributed by atoms with Crippen LogP contribution in [0.25, 0.3) is 11.1 Å². The van der Waals surface area contributed by atoms with Crippen LogP contribution in [0.1, 0.15) is 41.4 Å². The predicted molar refractivity (Wildman–Crippen MR) is 117 cm³/mol. The Morgan fingerprint density at radius 1 is 0.968 bits per heavy atom. The topological polar surface area (TPSA) is 50.3 Å². The van der Waals surface area contributed by atoms with Gasteiger partial charge in [0.1, 0.15) is 11.6 Å². The molecule has 0 saturated carbocycles.